The Morgan fingerprint density at radius 3 is 2.70 bits per heavy atom. The molecular weight excluding hydrogens is 320 g/mol. The zero-order valence-electron chi connectivity index (χ0n) is 12.5. The maximum Gasteiger partial charge on any atom is 0.336 e. The van der Waals surface area contributed by atoms with E-state index in [9.17, 15) is 9.59 Å². The molecule has 0 radical (unpaired) electrons. The highest BCUT2D eigenvalue weighted by molar-refractivity contribution is 5.96. The van der Waals surface area contributed by atoms with E-state index in [2.05, 4.69) is 5.32 Å². The van der Waals surface area contributed by atoms with Crippen molar-refractivity contribution >= 4 is 35.0 Å². The molecular formula is C16H19ClN2O4. The summed E-state index contributed by atoms with van der Waals surface area (Å²) in [6.07, 6.45) is 1.61. The fraction of sp³-hybridized carbons (Fsp3) is 0.375. The molecule has 1 fully saturated rings. The number of hydrogen-bond acceptors (Lipinski definition) is 5. The minimum atomic E-state index is -0.548. The van der Waals surface area contributed by atoms with Crippen LogP contribution < -0.4 is 16.7 Å². The zero-order chi connectivity index (χ0) is 15.5. The highest BCUT2D eigenvalue weighted by atomic mass is 35.5. The smallest absolute Gasteiger partial charge is 0.336 e. The van der Waals surface area contributed by atoms with Crippen LogP contribution in [-0.2, 0) is 9.53 Å². The van der Waals surface area contributed by atoms with Gasteiger partial charge in [-0.3, -0.25) is 4.79 Å². The maximum atomic E-state index is 12.3. The minimum absolute atomic E-state index is 0. The fourth-order valence-corrected chi connectivity index (χ4v) is 2.66. The molecule has 1 aromatic carbocycles. The lowest BCUT2D eigenvalue weighted by Gasteiger charge is -2.26. The molecule has 1 saturated heterocycles. The van der Waals surface area contributed by atoms with Gasteiger partial charge in [-0.05, 0) is 43.0 Å². The van der Waals surface area contributed by atoms with Crippen LogP contribution in [0.3, 0.4) is 0 Å². The van der Waals surface area contributed by atoms with Crippen molar-refractivity contribution in [1.82, 2.24) is 0 Å². The van der Waals surface area contributed by atoms with Crippen LogP contribution in [0.1, 0.15) is 12.8 Å². The number of ether oxygens (including phenoxy) is 1. The van der Waals surface area contributed by atoms with E-state index in [1.807, 2.05) is 0 Å². The summed E-state index contributed by atoms with van der Waals surface area (Å²) in [5, 5.41) is 3.57. The van der Waals surface area contributed by atoms with Crippen molar-refractivity contribution < 1.29 is 13.9 Å². The number of fused-ring (bicyclic) bond motifs is 1. The van der Waals surface area contributed by atoms with Crippen molar-refractivity contribution in [2.45, 2.75) is 18.9 Å². The summed E-state index contributed by atoms with van der Waals surface area (Å²) in [5.41, 5.74) is 6.77. The Morgan fingerprint density at radius 1 is 1.22 bits per heavy atom. The third-order valence-corrected chi connectivity index (χ3v) is 3.96. The Morgan fingerprint density at radius 2 is 1.96 bits per heavy atom. The second-order valence-corrected chi connectivity index (χ2v) is 5.47. The predicted molar refractivity (Wildman–Crippen MR) is 89.9 cm³/mol. The summed E-state index contributed by atoms with van der Waals surface area (Å²) in [4.78, 5) is 23.4. The van der Waals surface area contributed by atoms with Crippen molar-refractivity contribution in [3.8, 4) is 0 Å². The SMILES string of the molecule is Cl.NC(C(=O)Nc1ccc2oc(=O)ccc2c1)C1CCOCC1. The van der Waals surface area contributed by atoms with Crippen molar-refractivity contribution in [3.05, 3.63) is 40.8 Å². The molecule has 2 aromatic rings. The molecule has 2 heterocycles. The number of halogens is 1. The molecule has 0 aliphatic carbocycles. The van der Waals surface area contributed by atoms with Crippen LogP contribution in [0.25, 0.3) is 11.0 Å². The molecule has 0 spiro atoms. The van der Waals surface area contributed by atoms with Gasteiger partial charge in [0, 0.05) is 30.4 Å². The molecule has 1 aromatic heterocycles. The number of rotatable bonds is 3. The number of amides is 1. The average Bonchev–Trinajstić information content (AvgIpc) is 2.55. The van der Waals surface area contributed by atoms with Gasteiger partial charge in [0.2, 0.25) is 5.91 Å². The first-order chi connectivity index (χ1) is 10.6. The van der Waals surface area contributed by atoms with Crippen molar-refractivity contribution in [2.75, 3.05) is 18.5 Å². The van der Waals surface area contributed by atoms with Gasteiger partial charge < -0.3 is 20.2 Å². The predicted octanol–water partition coefficient (Wildman–Crippen LogP) is 1.91. The number of carbonyl (C=O) groups is 1. The van der Waals surface area contributed by atoms with Crippen LogP contribution in [0.2, 0.25) is 0 Å². The lowest BCUT2D eigenvalue weighted by atomic mass is 9.92. The van der Waals surface area contributed by atoms with Crippen molar-refractivity contribution in [2.24, 2.45) is 11.7 Å². The Bertz CT molecular complexity index is 740. The highest BCUT2D eigenvalue weighted by Crippen LogP contribution is 2.21. The van der Waals surface area contributed by atoms with Crippen molar-refractivity contribution in [1.29, 1.82) is 0 Å². The van der Waals surface area contributed by atoms with Gasteiger partial charge in [0.25, 0.3) is 0 Å². The molecule has 124 valence electrons. The lowest BCUT2D eigenvalue weighted by Crippen LogP contribution is -2.43. The van der Waals surface area contributed by atoms with E-state index < -0.39 is 11.7 Å². The number of hydrogen-bond donors (Lipinski definition) is 2. The molecule has 3 rings (SSSR count). The Kier molecular flexibility index (Phi) is 5.76. The summed E-state index contributed by atoms with van der Waals surface area (Å²) in [6.45, 7) is 1.31. The van der Waals surface area contributed by atoms with Gasteiger partial charge in [0.1, 0.15) is 5.58 Å². The van der Waals surface area contributed by atoms with Crippen LogP contribution in [0.5, 0.6) is 0 Å². The zero-order valence-corrected chi connectivity index (χ0v) is 13.3. The van der Waals surface area contributed by atoms with E-state index in [1.54, 1.807) is 24.3 Å². The highest BCUT2D eigenvalue weighted by Gasteiger charge is 2.26. The monoisotopic (exact) mass is 338 g/mol. The molecule has 7 heteroatoms. The van der Waals surface area contributed by atoms with Gasteiger partial charge >= 0.3 is 5.63 Å². The summed E-state index contributed by atoms with van der Waals surface area (Å²) in [6, 6.07) is 7.57. The Hall–Kier alpha value is -1.89. The molecule has 1 amide bonds. The first kappa shape index (κ1) is 17.5. The molecule has 0 saturated carbocycles. The first-order valence-electron chi connectivity index (χ1n) is 7.31. The standard InChI is InChI=1S/C16H18N2O4.ClH/c17-15(10-5-7-21-8-6-10)16(20)18-12-2-3-13-11(9-12)1-4-14(19)22-13;/h1-4,9-10,15H,5-8,17H2,(H,18,20);1H. The van der Waals surface area contributed by atoms with Gasteiger partial charge in [-0.25, -0.2) is 4.79 Å². The second kappa shape index (κ2) is 7.59. The third-order valence-electron chi connectivity index (χ3n) is 3.96. The summed E-state index contributed by atoms with van der Waals surface area (Å²) in [5.74, 6) is -0.0594. The van der Waals surface area contributed by atoms with Crippen LogP contribution in [-0.4, -0.2) is 25.2 Å². The quantitative estimate of drug-likeness (QED) is 0.834. The number of benzene rings is 1. The maximum absolute atomic E-state index is 12.3. The molecule has 6 nitrogen and oxygen atoms in total. The average molecular weight is 339 g/mol. The number of carbonyl (C=O) groups excluding carboxylic acids is 1. The summed E-state index contributed by atoms with van der Waals surface area (Å²) >= 11 is 0. The molecule has 0 bridgehead atoms. The Labute approximate surface area is 139 Å². The molecule has 3 N–H and O–H groups in total. The van der Waals surface area contributed by atoms with E-state index in [-0.39, 0.29) is 24.2 Å². The van der Waals surface area contributed by atoms with Gasteiger partial charge in [-0.2, -0.15) is 0 Å². The minimum Gasteiger partial charge on any atom is -0.423 e. The van der Waals surface area contributed by atoms with E-state index in [4.69, 9.17) is 14.9 Å². The van der Waals surface area contributed by atoms with E-state index in [0.717, 1.165) is 18.2 Å². The fourth-order valence-electron chi connectivity index (χ4n) is 2.66. The molecule has 1 atom stereocenters. The van der Waals surface area contributed by atoms with Crippen LogP contribution in [0.15, 0.2) is 39.5 Å². The van der Waals surface area contributed by atoms with Crippen LogP contribution in [0.4, 0.5) is 5.69 Å². The van der Waals surface area contributed by atoms with Crippen molar-refractivity contribution in [3.63, 3.8) is 0 Å². The van der Waals surface area contributed by atoms with Crippen LogP contribution in [0, 0.1) is 5.92 Å². The van der Waals surface area contributed by atoms with Gasteiger partial charge in [0.05, 0.1) is 6.04 Å². The van der Waals surface area contributed by atoms with Gasteiger partial charge in [-0.15, -0.1) is 12.4 Å². The van der Waals surface area contributed by atoms with Gasteiger partial charge in [0.15, 0.2) is 0 Å². The summed E-state index contributed by atoms with van der Waals surface area (Å²) in [7, 11) is 0. The Balaban J connectivity index is 0.00000192. The molecule has 23 heavy (non-hydrogen) atoms. The first-order valence-corrected chi connectivity index (χ1v) is 7.31. The largest absolute Gasteiger partial charge is 0.423 e. The molecule has 1 aliphatic rings. The molecule has 1 unspecified atom stereocenters. The van der Waals surface area contributed by atoms with E-state index in [0.29, 0.717) is 24.5 Å². The topological polar surface area (TPSA) is 94.6 Å². The third kappa shape index (κ3) is 4.10. The van der Waals surface area contributed by atoms with E-state index >= 15 is 0 Å². The number of nitrogens with one attached hydrogen (secondary N) is 1. The van der Waals surface area contributed by atoms with Gasteiger partial charge in [-0.1, -0.05) is 0 Å². The van der Waals surface area contributed by atoms with E-state index in [1.165, 1.54) is 6.07 Å². The lowest BCUT2D eigenvalue weighted by molar-refractivity contribution is -0.119. The van der Waals surface area contributed by atoms with Crippen LogP contribution >= 0.6 is 12.4 Å². The normalized spacial score (nSPS) is 16.6. The number of anilines is 1. The summed E-state index contributed by atoms with van der Waals surface area (Å²) < 4.78 is 10.3. The second-order valence-electron chi connectivity index (χ2n) is 5.47. The molecule has 1 aliphatic heterocycles. The number of nitrogens with two attached hydrogens (primary N) is 1.